The summed E-state index contributed by atoms with van der Waals surface area (Å²) in [7, 11) is 0. The molecule has 0 fully saturated rings. The van der Waals surface area contributed by atoms with Gasteiger partial charge in [0.25, 0.3) is 0 Å². The van der Waals surface area contributed by atoms with Gasteiger partial charge in [-0.3, -0.25) is 4.79 Å². The second-order valence-corrected chi connectivity index (χ2v) is 3.54. The summed E-state index contributed by atoms with van der Waals surface area (Å²) in [6, 6.07) is 9.28. The normalized spacial score (nSPS) is 15.1. The maximum atomic E-state index is 11.4. The van der Waals surface area contributed by atoms with Gasteiger partial charge < -0.3 is 10.2 Å². The summed E-state index contributed by atoms with van der Waals surface area (Å²) in [6.07, 6.45) is 2.87. The molecule has 3 nitrogen and oxygen atoms in total. The van der Waals surface area contributed by atoms with Gasteiger partial charge in [-0.2, -0.15) is 0 Å². The van der Waals surface area contributed by atoms with Crippen molar-refractivity contribution in [1.29, 1.82) is 0 Å². The van der Waals surface area contributed by atoms with Gasteiger partial charge >= 0.3 is 0 Å². The van der Waals surface area contributed by atoms with E-state index in [0.717, 1.165) is 5.56 Å². The predicted octanol–water partition coefficient (Wildman–Crippen LogP) is 1.01. The molecule has 1 atom stereocenters. The maximum absolute atomic E-state index is 11.4. The Morgan fingerprint density at radius 1 is 1.40 bits per heavy atom. The van der Waals surface area contributed by atoms with E-state index in [1.807, 2.05) is 30.3 Å². The Balaban J connectivity index is 2.71. The quantitative estimate of drug-likeness (QED) is 0.723. The van der Waals surface area contributed by atoms with Crippen molar-refractivity contribution >= 4 is 11.9 Å². The lowest BCUT2D eigenvalue weighted by Gasteiger charge is -2.15. The van der Waals surface area contributed by atoms with Gasteiger partial charge in [0.05, 0.1) is 6.61 Å². The number of hydrogen-bond acceptors (Lipinski definition) is 3. The molecular weight excluding hydrogens is 192 g/mol. The first kappa shape index (κ1) is 11.6. The molecule has 0 heterocycles. The molecule has 0 amide bonds. The third-order valence-corrected chi connectivity index (χ3v) is 2.07. The minimum Gasteiger partial charge on any atom is -0.393 e. The number of rotatable bonds is 4. The molecule has 0 saturated carbocycles. The summed E-state index contributed by atoms with van der Waals surface area (Å²) in [4.78, 5) is 11.4. The van der Waals surface area contributed by atoms with Crippen molar-refractivity contribution in [3.05, 3.63) is 42.0 Å². The highest BCUT2D eigenvalue weighted by molar-refractivity contribution is 5.99. The van der Waals surface area contributed by atoms with Crippen LogP contribution in [0.1, 0.15) is 12.5 Å². The Labute approximate surface area is 88.7 Å². The third-order valence-electron chi connectivity index (χ3n) is 2.07. The molecule has 1 unspecified atom stereocenters. The number of benzene rings is 1. The van der Waals surface area contributed by atoms with Gasteiger partial charge in [0.1, 0.15) is 5.60 Å². The number of aliphatic hydroxyl groups is 2. The fraction of sp³-hybridized carbons (Fsp3) is 0.250. The molecule has 0 bridgehead atoms. The fourth-order valence-corrected chi connectivity index (χ4v) is 0.994. The van der Waals surface area contributed by atoms with Gasteiger partial charge in [-0.25, -0.2) is 0 Å². The van der Waals surface area contributed by atoms with Crippen LogP contribution in [0, 0.1) is 0 Å². The van der Waals surface area contributed by atoms with Gasteiger partial charge in [0.15, 0.2) is 5.78 Å². The molecule has 0 saturated heterocycles. The van der Waals surface area contributed by atoms with Crippen LogP contribution in [-0.2, 0) is 4.79 Å². The standard InChI is InChI=1S/C12H14O3/c1-12(15,9-13)11(14)8-7-10-5-3-2-4-6-10/h2-8,13,15H,9H2,1H3. The first-order valence-electron chi connectivity index (χ1n) is 4.67. The lowest BCUT2D eigenvalue weighted by atomic mass is 10.0. The van der Waals surface area contributed by atoms with Gasteiger partial charge in [0.2, 0.25) is 0 Å². The maximum Gasteiger partial charge on any atom is 0.189 e. The number of ketones is 1. The molecule has 80 valence electrons. The van der Waals surface area contributed by atoms with Gasteiger partial charge in [-0.15, -0.1) is 0 Å². The zero-order valence-corrected chi connectivity index (χ0v) is 8.55. The van der Waals surface area contributed by atoms with Gasteiger partial charge in [0, 0.05) is 0 Å². The van der Waals surface area contributed by atoms with E-state index in [9.17, 15) is 9.90 Å². The molecule has 0 aromatic heterocycles. The van der Waals surface area contributed by atoms with Crippen molar-refractivity contribution in [3.8, 4) is 0 Å². The number of aliphatic hydroxyl groups excluding tert-OH is 1. The molecule has 3 heteroatoms. The zero-order valence-electron chi connectivity index (χ0n) is 8.55. The average Bonchev–Trinajstić information content (AvgIpc) is 2.27. The SMILES string of the molecule is CC(O)(CO)C(=O)C=Cc1ccccc1. The third kappa shape index (κ3) is 3.31. The van der Waals surface area contributed by atoms with E-state index < -0.39 is 18.0 Å². The smallest absolute Gasteiger partial charge is 0.189 e. The number of carbonyl (C=O) groups is 1. The van der Waals surface area contributed by atoms with E-state index in [4.69, 9.17) is 5.11 Å². The first-order chi connectivity index (χ1) is 7.06. The van der Waals surface area contributed by atoms with Crippen LogP contribution in [0.15, 0.2) is 36.4 Å². The van der Waals surface area contributed by atoms with Crippen LogP contribution in [0.4, 0.5) is 0 Å². The fourth-order valence-electron chi connectivity index (χ4n) is 0.994. The van der Waals surface area contributed by atoms with Crippen LogP contribution in [0.5, 0.6) is 0 Å². The van der Waals surface area contributed by atoms with Crippen molar-refractivity contribution < 1.29 is 15.0 Å². The zero-order chi connectivity index (χ0) is 11.3. The highest BCUT2D eigenvalue weighted by Gasteiger charge is 2.26. The number of hydrogen-bond donors (Lipinski definition) is 2. The van der Waals surface area contributed by atoms with E-state index in [1.165, 1.54) is 13.0 Å². The molecule has 0 spiro atoms. The summed E-state index contributed by atoms with van der Waals surface area (Å²) in [5.41, 5.74) is -0.815. The highest BCUT2D eigenvalue weighted by atomic mass is 16.3. The van der Waals surface area contributed by atoms with Crippen LogP contribution in [0.25, 0.3) is 6.08 Å². The second kappa shape index (κ2) is 4.87. The topological polar surface area (TPSA) is 57.5 Å². The summed E-state index contributed by atoms with van der Waals surface area (Å²) >= 11 is 0. The molecule has 1 aromatic rings. The Kier molecular flexibility index (Phi) is 3.77. The molecule has 1 rings (SSSR count). The molecule has 0 aliphatic carbocycles. The summed E-state index contributed by atoms with van der Waals surface area (Å²) in [6.45, 7) is 0.704. The Bertz CT molecular complexity index is 352. The monoisotopic (exact) mass is 206 g/mol. The largest absolute Gasteiger partial charge is 0.393 e. The molecule has 0 radical (unpaired) electrons. The Hall–Kier alpha value is -1.45. The van der Waals surface area contributed by atoms with Crippen LogP contribution in [-0.4, -0.2) is 28.2 Å². The Morgan fingerprint density at radius 2 is 2.00 bits per heavy atom. The van der Waals surface area contributed by atoms with Crippen LogP contribution in [0.2, 0.25) is 0 Å². The molecule has 2 N–H and O–H groups in total. The second-order valence-electron chi connectivity index (χ2n) is 3.54. The van der Waals surface area contributed by atoms with Gasteiger partial charge in [-0.05, 0) is 18.6 Å². The number of carbonyl (C=O) groups excluding carboxylic acids is 1. The van der Waals surface area contributed by atoms with E-state index in [1.54, 1.807) is 6.08 Å². The minimum atomic E-state index is -1.69. The summed E-state index contributed by atoms with van der Waals surface area (Å²) in [5.74, 6) is -0.506. The van der Waals surface area contributed by atoms with Crippen molar-refractivity contribution in [3.63, 3.8) is 0 Å². The molecule has 0 aliphatic rings. The summed E-state index contributed by atoms with van der Waals surface area (Å²) in [5, 5.41) is 18.2. The van der Waals surface area contributed by atoms with Crippen molar-refractivity contribution in [2.24, 2.45) is 0 Å². The van der Waals surface area contributed by atoms with Crippen molar-refractivity contribution in [1.82, 2.24) is 0 Å². The summed E-state index contributed by atoms with van der Waals surface area (Å²) < 4.78 is 0. The van der Waals surface area contributed by atoms with Crippen LogP contribution >= 0.6 is 0 Å². The molecule has 1 aromatic carbocycles. The van der Waals surface area contributed by atoms with Crippen LogP contribution in [0.3, 0.4) is 0 Å². The minimum absolute atomic E-state index is 0.506. The molecular formula is C12H14O3. The average molecular weight is 206 g/mol. The molecule has 0 aliphatic heterocycles. The van der Waals surface area contributed by atoms with E-state index in [0.29, 0.717) is 0 Å². The Morgan fingerprint density at radius 3 is 2.53 bits per heavy atom. The highest BCUT2D eigenvalue weighted by Crippen LogP contribution is 2.07. The van der Waals surface area contributed by atoms with E-state index >= 15 is 0 Å². The lowest BCUT2D eigenvalue weighted by molar-refractivity contribution is -0.133. The van der Waals surface area contributed by atoms with Crippen LogP contribution < -0.4 is 0 Å². The lowest BCUT2D eigenvalue weighted by Crippen LogP contribution is -2.37. The van der Waals surface area contributed by atoms with Gasteiger partial charge in [-0.1, -0.05) is 36.4 Å². The molecule has 15 heavy (non-hydrogen) atoms. The van der Waals surface area contributed by atoms with E-state index in [2.05, 4.69) is 0 Å². The van der Waals surface area contributed by atoms with Crippen molar-refractivity contribution in [2.45, 2.75) is 12.5 Å². The predicted molar refractivity (Wildman–Crippen MR) is 58.2 cm³/mol. The van der Waals surface area contributed by atoms with Crippen molar-refractivity contribution in [2.75, 3.05) is 6.61 Å². The van der Waals surface area contributed by atoms with E-state index in [-0.39, 0.29) is 0 Å². The first-order valence-corrected chi connectivity index (χ1v) is 4.67.